The molecule has 0 spiro atoms. The van der Waals surface area contributed by atoms with Gasteiger partial charge in [-0.25, -0.2) is 13.6 Å². The lowest BCUT2D eigenvalue weighted by Gasteiger charge is -2.38. The van der Waals surface area contributed by atoms with Crippen molar-refractivity contribution in [2.24, 2.45) is 11.7 Å². The van der Waals surface area contributed by atoms with Crippen LogP contribution in [0.1, 0.15) is 50.7 Å². The Morgan fingerprint density at radius 1 is 1.07 bits per heavy atom. The third kappa shape index (κ3) is 9.39. The molecule has 1 aliphatic heterocycles. The van der Waals surface area contributed by atoms with E-state index in [1.807, 2.05) is 36.9 Å². The summed E-state index contributed by atoms with van der Waals surface area (Å²) in [6.07, 6.45) is 2.03. The van der Waals surface area contributed by atoms with Crippen LogP contribution in [-0.2, 0) is 17.8 Å². The highest BCUT2D eigenvalue weighted by Gasteiger charge is 2.34. The van der Waals surface area contributed by atoms with Crippen LogP contribution in [0.25, 0.3) is 0 Å². The minimum atomic E-state index is -1.16. The number of aliphatic hydroxyl groups excluding tert-OH is 1. The number of halogens is 2. The average molecular weight is 575 g/mol. The number of ether oxygens (including phenoxy) is 1. The number of carbonyl (C=O) groups is 2. The largest absolute Gasteiger partial charge is 0.497 e. The molecule has 0 saturated carbocycles. The molecular weight excluding hydrogens is 530 g/mol. The molecule has 3 atom stereocenters. The van der Waals surface area contributed by atoms with E-state index in [0.717, 1.165) is 30.9 Å². The Balaban J connectivity index is 1.77. The number of nitrogens with two attached hydrogens (primary N) is 1. The van der Waals surface area contributed by atoms with Gasteiger partial charge in [0.15, 0.2) is 0 Å². The number of methoxy groups -OCH3 is 1. The number of amides is 3. The van der Waals surface area contributed by atoms with E-state index in [2.05, 4.69) is 0 Å². The molecule has 8 nitrogen and oxygen atoms in total. The number of piperidine rings is 1. The minimum absolute atomic E-state index is 0.0298. The smallest absolute Gasteiger partial charge is 0.320 e. The van der Waals surface area contributed by atoms with Gasteiger partial charge in [-0.15, -0.1) is 0 Å². The van der Waals surface area contributed by atoms with Crippen molar-refractivity contribution in [3.63, 3.8) is 0 Å². The van der Waals surface area contributed by atoms with Gasteiger partial charge in [0.05, 0.1) is 25.7 Å². The van der Waals surface area contributed by atoms with E-state index in [1.54, 1.807) is 18.1 Å². The summed E-state index contributed by atoms with van der Waals surface area (Å²) in [5.74, 6) is -1.00. The Morgan fingerprint density at radius 3 is 2.39 bits per heavy atom. The Labute approximate surface area is 242 Å². The molecule has 2 aromatic rings. The van der Waals surface area contributed by atoms with E-state index in [0.29, 0.717) is 43.9 Å². The predicted molar refractivity (Wildman–Crippen MR) is 154 cm³/mol. The van der Waals surface area contributed by atoms with Gasteiger partial charge in [0.1, 0.15) is 17.4 Å². The monoisotopic (exact) mass is 574 g/mol. The van der Waals surface area contributed by atoms with E-state index in [4.69, 9.17) is 10.5 Å². The molecule has 3 amide bonds. The van der Waals surface area contributed by atoms with Crippen molar-refractivity contribution in [3.8, 4) is 5.75 Å². The van der Waals surface area contributed by atoms with Crippen molar-refractivity contribution in [2.45, 2.75) is 64.6 Å². The normalized spacial score (nSPS) is 16.7. The molecule has 226 valence electrons. The zero-order valence-corrected chi connectivity index (χ0v) is 24.4. The molecule has 2 aromatic carbocycles. The van der Waals surface area contributed by atoms with Crippen molar-refractivity contribution in [1.82, 2.24) is 14.7 Å². The first-order chi connectivity index (χ1) is 19.6. The van der Waals surface area contributed by atoms with Crippen LogP contribution in [0.15, 0.2) is 42.5 Å². The maximum atomic E-state index is 13.9. The van der Waals surface area contributed by atoms with Gasteiger partial charge in [-0.1, -0.05) is 26.0 Å². The van der Waals surface area contributed by atoms with Gasteiger partial charge in [-0.3, -0.25) is 4.79 Å². The van der Waals surface area contributed by atoms with Gasteiger partial charge in [0, 0.05) is 44.8 Å². The third-order valence-corrected chi connectivity index (χ3v) is 7.41. The van der Waals surface area contributed by atoms with E-state index in [-0.39, 0.29) is 37.4 Å². The maximum absolute atomic E-state index is 13.9. The van der Waals surface area contributed by atoms with E-state index in [1.165, 1.54) is 17.0 Å². The summed E-state index contributed by atoms with van der Waals surface area (Å²) < 4.78 is 32.7. The van der Waals surface area contributed by atoms with Crippen molar-refractivity contribution < 1.29 is 28.2 Å². The van der Waals surface area contributed by atoms with Crippen molar-refractivity contribution in [2.75, 3.05) is 39.8 Å². The van der Waals surface area contributed by atoms with Crippen LogP contribution in [-0.4, -0.2) is 83.7 Å². The number of benzene rings is 2. The van der Waals surface area contributed by atoms with Crippen LogP contribution < -0.4 is 10.5 Å². The van der Waals surface area contributed by atoms with E-state index in [9.17, 15) is 23.5 Å². The summed E-state index contributed by atoms with van der Waals surface area (Å²) in [6.45, 7) is 6.37. The van der Waals surface area contributed by atoms with Gasteiger partial charge in [0.25, 0.3) is 0 Å². The molecule has 1 saturated heterocycles. The first kappa shape index (κ1) is 32.3. The highest BCUT2D eigenvalue weighted by atomic mass is 19.1. The number of nitrogens with zero attached hydrogens (tertiary/aromatic N) is 3. The van der Waals surface area contributed by atoms with Crippen LogP contribution in [0.4, 0.5) is 13.6 Å². The van der Waals surface area contributed by atoms with Gasteiger partial charge in [0.2, 0.25) is 5.91 Å². The average Bonchev–Trinajstić information content (AvgIpc) is 2.95. The molecular formula is C31H44F2N4O4. The molecule has 0 bridgehead atoms. The van der Waals surface area contributed by atoms with Crippen LogP contribution >= 0.6 is 0 Å². The van der Waals surface area contributed by atoms with Crippen molar-refractivity contribution in [3.05, 3.63) is 65.2 Å². The van der Waals surface area contributed by atoms with Crippen molar-refractivity contribution >= 4 is 11.9 Å². The fourth-order valence-corrected chi connectivity index (χ4v) is 5.38. The van der Waals surface area contributed by atoms with Crippen LogP contribution in [0, 0.1) is 17.6 Å². The molecule has 41 heavy (non-hydrogen) atoms. The second-order valence-corrected chi connectivity index (χ2v) is 10.8. The molecule has 1 aliphatic rings. The number of hydrogen-bond acceptors (Lipinski definition) is 5. The van der Waals surface area contributed by atoms with Crippen LogP contribution in [0.3, 0.4) is 0 Å². The van der Waals surface area contributed by atoms with Gasteiger partial charge in [-0.2, -0.15) is 0 Å². The lowest BCUT2D eigenvalue weighted by Crippen LogP contribution is -2.53. The molecule has 1 fully saturated rings. The standard InChI is InChI=1S/C31H44F2N4O4/c1-4-11-35(12-5-2)30(39)24-9-7-13-36(20-24)31(40)37(19-22-8-6-10-27(16-22)41-3)21-29(38)28(34)17-23-14-25(32)18-26(33)15-23/h6,8,10,14-16,18,24,28-29,38H,4-5,7,9,11-13,17,19-21,34H2,1-3H3/t24?,28-,29+/m0/s1. The molecule has 0 aromatic heterocycles. The Morgan fingerprint density at radius 2 is 1.76 bits per heavy atom. The minimum Gasteiger partial charge on any atom is -0.497 e. The highest BCUT2D eigenvalue weighted by molar-refractivity contribution is 5.81. The van der Waals surface area contributed by atoms with Crippen LogP contribution in [0.2, 0.25) is 0 Å². The first-order valence-electron chi connectivity index (χ1n) is 14.5. The third-order valence-electron chi connectivity index (χ3n) is 7.41. The number of urea groups is 1. The number of hydrogen-bond donors (Lipinski definition) is 2. The zero-order chi connectivity index (χ0) is 29.9. The summed E-state index contributed by atoms with van der Waals surface area (Å²) in [4.78, 5) is 32.3. The fraction of sp³-hybridized carbons (Fsp3) is 0.548. The molecule has 1 heterocycles. The molecule has 10 heteroatoms. The maximum Gasteiger partial charge on any atom is 0.320 e. The van der Waals surface area contributed by atoms with Gasteiger partial charge < -0.3 is 30.3 Å². The summed E-state index contributed by atoms with van der Waals surface area (Å²) in [7, 11) is 1.56. The van der Waals surface area contributed by atoms with E-state index < -0.39 is 23.8 Å². The Bertz CT molecular complexity index is 1120. The molecule has 1 unspecified atom stereocenters. The molecule has 3 N–H and O–H groups in total. The molecule has 0 radical (unpaired) electrons. The Kier molecular flexibility index (Phi) is 12.3. The summed E-state index contributed by atoms with van der Waals surface area (Å²) in [6, 6.07) is 9.27. The first-order valence-corrected chi connectivity index (χ1v) is 14.5. The number of carbonyl (C=O) groups excluding carboxylic acids is 2. The quantitative estimate of drug-likeness (QED) is 0.374. The lowest BCUT2D eigenvalue weighted by molar-refractivity contribution is -0.137. The topological polar surface area (TPSA) is 99.3 Å². The van der Waals surface area contributed by atoms with Gasteiger partial charge in [-0.05, 0) is 67.5 Å². The number of rotatable bonds is 13. The lowest BCUT2D eigenvalue weighted by atomic mass is 9.96. The molecule has 0 aliphatic carbocycles. The van der Waals surface area contributed by atoms with Gasteiger partial charge >= 0.3 is 6.03 Å². The highest BCUT2D eigenvalue weighted by Crippen LogP contribution is 2.23. The van der Waals surface area contributed by atoms with E-state index >= 15 is 0 Å². The summed E-state index contributed by atoms with van der Waals surface area (Å²) >= 11 is 0. The Hall–Kier alpha value is -3.24. The fourth-order valence-electron chi connectivity index (χ4n) is 5.38. The number of aliphatic hydroxyl groups is 1. The van der Waals surface area contributed by atoms with Crippen molar-refractivity contribution in [1.29, 1.82) is 0 Å². The summed E-state index contributed by atoms with van der Waals surface area (Å²) in [5.41, 5.74) is 7.37. The second kappa shape index (κ2) is 15.7. The molecule has 3 rings (SSSR count). The zero-order valence-electron chi connectivity index (χ0n) is 24.4. The number of likely N-dealkylation sites (tertiary alicyclic amines) is 1. The summed E-state index contributed by atoms with van der Waals surface area (Å²) in [5, 5.41) is 11.0. The predicted octanol–water partition coefficient (Wildman–Crippen LogP) is 4.19. The SMILES string of the molecule is CCCN(CCC)C(=O)C1CCCN(C(=O)N(Cc2cccc(OC)c2)C[C@@H](O)[C@@H](N)Cc2cc(F)cc(F)c2)C1. The second-order valence-electron chi connectivity index (χ2n) is 10.8. The van der Waals surface area contributed by atoms with Crippen LogP contribution in [0.5, 0.6) is 5.75 Å².